The third kappa shape index (κ3) is 3.97. The second-order valence-corrected chi connectivity index (χ2v) is 7.03. The van der Waals surface area contributed by atoms with Gasteiger partial charge in [0.25, 0.3) is 5.91 Å². The Labute approximate surface area is 168 Å². The van der Waals surface area contributed by atoms with Crippen LogP contribution in [0.2, 0.25) is 5.02 Å². The van der Waals surface area contributed by atoms with Gasteiger partial charge in [-0.3, -0.25) is 9.59 Å². The minimum atomic E-state index is -0.734. The van der Waals surface area contributed by atoms with E-state index in [2.05, 4.69) is 0 Å². The Morgan fingerprint density at radius 2 is 1.89 bits per heavy atom. The van der Waals surface area contributed by atoms with E-state index in [9.17, 15) is 14.0 Å². The van der Waals surface area contributed by atoms with Gasteiger partial charge in [-0.1, -0.05) is 17.7 Å². The van der Waals surface area contributed by atoms with Crippen molar-refractivity contribution in [1.29, 1.82) is 0 Å². The highest BCUT2D eigenvalue weighted by atomic mass is 35.5. The minimum Gasteiger partial charge on any atom is -0.493 e. The summed E-state index contributed by atoms with van der Waals surface area (Å²) in [6.07, 6.45) is 1.33. The van der Waals surface area contributed by atoms with Gasteiger partial charge in [0.1, 0.15) is 0 Å². The van der Waals surface area contributed by atoms with E-state index in [1.165, 1.54) is 37.3 Å². The maximum absolute atomic E-state index is 14.2. The molecule has 1 aliphatic rings. The van der Waals surface area contributed by atoms with Crippen molar-refractivity contribution < 1.29 is 23.5 Å². The molecule has 2 aromatic rings. The maximum Gasteiger partial charge on any atom is 0.256 e. The molecule has 1 atom stereocenters. The maximum atomic E-state index is 14.2. The summed E-state index contributed by atoms with van der Waals surface area (Å²) in [5.41, 5.74) is 0.414. The van der Waals surface area contributed by atoms with Gasteiger partial charge in [0, 0.05) is 24.6 Å². The van der Waals surface area contributed by atoms with E-state index in [4.69, 9.17) is 21.1 Å². The van der Waals surface area contributed by atoms with Crippen molar-refractivity contribution >= 4 is 23.3 Å². The van der Waals surface area contributed by atoms with E-state index in [-0.39, 0.29) is 28.8 Å². The molecule has 1 amide bonds. The van der Waals surface area contributed by atoms with Crippen LogP contribution in [0.4, 0.5) is 4.39 Å². The Morgan fingerprint density at radius 3 is 2.61 bits per heavy atom. The largest absolute Gasteiger partial charge is 0.493 e. The van der Waals surface area contributed by atoms with Gasteiger partial charge in [0.15, 0.2) is 23.1 Å². The number of Topliss-reactive ketones (excluding diaryl/α,β-unsaturated/α-hetero) is 1. The van der Waals surface area contributed by atoms with Crippen LogP contribution in [0, 0.1) is 11.7 Å². The molecule has 0 aromatic heterocycles. The van der Waals surface area contributed by atoms with Crippen LogP contribution < -0.4 is 9.47 Å². The number of hydrogen-bond acceptors (Lipinski definition) is 4. The van der Waals surface area contributed by atoms with Crippen molar-refractivity contribution in [3.8, 4) is 11.5 Å². The number of methoxy groups -OCH3 is 2. The number of benzene rings is 2. The zero-order chi connectivity index (χ0) is 20.3. The molecule has 0 radical (unpaired) electrons. The molecule has 0 N–H and O–H groups in total. The molecule has 1 saturated heterocycles. The van der Waals surface area contributed by atoms with E-state index in [0.29, 0.717) is 36.4 Å². The molecule has 1 heterocycles. The summed E-state index contributed by atoms with van der Waals surface area (Å²) in [6, 6.07) is 9.34. The minimum absolute atomic E-state index is 0.0771. The molecule has 2 aromatic carbocycles. The van der Waals surface area contributed by atoms with Gasteiger partial charge < -0.3 is 14.4 Å². The number of halogens is 2. The number of likely N-dealkylation sites (tertiary alicyclic amines) is 1. The summed E-state index contributed by atoms with van der Waals surface area (Å²) >= 11 is 5.79. The lowest BCUT2D eigenvalue weighted by Crippen LogP contribution is -2.42. The molecule has 0 saturated carbocycles. The second-order valence-electron chi connectivity index (χ2n) is 6.63. The van der Waals surface area contributed by atoms with Crippen molar-refractivity contribution in [2.75, 3.05) is 27.3 Å². The molecule has 0 bridgehead atoms. The van der Waals surface area contributed by atoms with Crippen LogP contribution in [0.3, 0.4) is 0 Å². The van der Waals surface area contributed by atoms with Gasteiger partial charge in [0.05, 0.1) is 24.8 Å². The van der Waals surface area contributed by atoms with Crippen molar-refractivity contribution in [3.05, 3.63) is 58.4 Å². The third-order valence-corrected chi connectivity index (χ3v) is 5.22. The van der Waals surface area contributed by atoms with Gasteiger partial charge >= 0.3 is 0 Å². The Bertz CT molecular complexity index is 902. The van der Waals surface area contributed by atoms with E-state index < -0.39 is 11.7 Å². The smallest absolute Gasteiger partial charge is 0.256 e. The van der Waals surface area contributed by atoms with E-state index >= 15 is 0 Å². The Balaban J connectivity index is 1.78. The highest BCUT2D eigenvalue weighted by molar-refractivity contribution is 6.31. The monoisotopic (exact) mass is 405 g/mol. The highest BCUT2D eigenvalue weighted by Gasteiger charge is 2.31. The van der Waals surface area contributed by atoms with E-state index in [1.54, 1.807) is 18.2 Å². The first-order valence-electron chi connectivity index (χ1n) is 8.95. The normalized spacial score (nSPS) is 16.6. The fourth-order valence-corrected chi connectivity index (χ4v) is 3.61. The Kier molecular flexibility index (Phi) is 6.19. The Morgan fingerprint density at radius 1 is 1.14 bits per heavy atom. The van der Waals surface area contributed by atoms with Gasteiger partial charge in [-0.15, -0.1) is 0 Å². The number of rotatable bonds is 5. The second kappa shape index (κ2) is 8.61. The van der Waals surface area contributed by atoms with Gasteiger partial charge in [-0.2, -0.15) is 0 Å². The molecule has 1 aliphatic heterocycles. The first-order valence-corrected chi connectivity index (χ1v) is 9.33. The molecule has 7 heteroatoms. The molecular formula is C21H21ClFNO4. The fraction of sp³-hybridized carbons (Fsp3) is 0.333. The zero-order valence-electron chi connectivity index (χ0n) is 15.7. The molecule has 1 fully saturated rings. The SMILES string of the molecule is COc1ccc(C(=O)[C@H]2CCCN(C(=O)c3cccc(Cl)c3F)C2)cc1OC. The third-order valence-electron chi connectivity index (χ3n) is 4.93. The van der Waals surface area contributed by atoms with Gasteiger partial charge in [0.2, 0.25) is 0 Å². The molecule has 3 rings (SSSR count). The summed E-state index contributed by atoms with van der Waals surface area (Å²) in [7, 11) is 3.03. The van der Waals surface area contributed by atoms with Crippen LogP contribution in [0.15, 0.2) is 36.4 Å². The first kappa shape index (κ1) is 20.1. The van der Waals surface area contributed by atoms with Crippen LogP contribution in [0.25, 0.3) is 0 Å². The van der Waals surface area contributed by atoms with Crippen LogP contribution in [-0.2, 0) is 0 Å². The van der Waals surface area contributed by atoms with Gasteiger partial charge in [-0.25, -0.2) is 4.39 Å². The number of ketones is 1. The van der Waals surface area contributed by atoms with Gasteiger partial charge in [-0.05, 0) is 43.2 Å². The van der Waals surface area contributed by atoms with Crippen LogP contribution in [0.1, 0.15) is 33.6 Å². The predicted octanol–water partition coefficient (Wildman–Crippen LogP) is 4.23. The summed E-state index contributed by atoms with van der Waals surface area (Å²) in [5.74, 6) is -0.621. The standard InChI is InChI=1S/C21H21ClFNO4/c1-27-17-9-8-13(11-18(17)28-2)20(25)14-5-4-10-24(12-14)21(26)15-6-3-7-16(22)19(15)23/h3,6-9,11,14H,4-5,10,12H2,1-2H3/t14-/m0/s1. The molecule has 0 unspecified atom stereocenters. The van der Waals surface area contributed by atoms with Crippen molar-refractivity contribution in [3.63, 3.8) is 0 Å². The molecule has 28 heavy (non-hydrogen) atoms. The summed E-state index contributed by atoms with van der Waals surface area (Å²) in [6.45, 7) is 0.707. The molecule has 5 nitrogen and oxygen atoms in total. The van der Waals surface area contributed by atoms with Crippen molar-refractivity contribution in [2.45, 2.75) is 12.8 Å². The fourth-order valence-electron chi connectivity index (χ4n) is 3.44. The van der Waals surface area contributed by atoms with E-state index in [0.717, 1.165) is 0 Å². The quantitative estimate of drug-likeness (QED) is 0.698. The average molecular weight is 406 g/mol. The summed E-state index contributed by atoms with van der Waals surface area (Å²) in [5, 5.41) is -0.0965. The Hall–Kier alpha value is -2.60. The van der Waals surface area contributed by atoms with Crippen molar-refractivity contribution in [1.82, 2.24) is 4.90 Å². The van der Waals surface area contributed by atoms with Crippen LogP contribution >= 0.6 is 11.6 Å². The number of hydrogen-bond donors (Lipinski definition) is 0. The lowest BCUT2D eigenvalue weighted by atomic mass is 9.89. The number of carbonyl (C=O) groups is 2. The lowest BCUT2D eigenvalue weighted by Gasteiger charge is -2.32. The zero-order valence-corrected chi connectivity index (χ0v) is 16.5. The molecule has 0 spiro atoms. The number of amides is 1. The van der Waals surface area contributed by atoms with E-state index in [1.807, 2.05) is 0 Å². The summed E-state index contributed by atoms with van der Waals surface area (Å²) < 4.78 is 24.7. The molecular weight excluding hydrogens is 385 g/mol. The number of ether oxygens (including phenoxy) is 2. The average Bonchev–Trinajstić information content (AvgIpc) is 2.74. The molecule has 0 aliphatic carbocycles. The number of nitrogens with zero attached hydrogens (tertiary/aromatic N) is 1. The van der Waals surface area contributed by atoms with Crippen LogP contribution in [-0.4, -0.2) is 43.9 Å². The highest BCUT2D eigenvalue weighted by Crippen LogP contribution is 2.30. The number of carbonyl (C=O) groups excluding carboxylic acids is 2. The lowest BCUT2D eigenvalue weighted by molar-refractivity contribution is 0.0633. The van der Waals surface area contributed by atoms with Crippen LogP contribution in [0.5, 0.6) is 11.5 Å². The number of piperidine rings is 1. The summed E-state index contributed by atoms with van der Waals surface area (Å²) in [4.78, 5) is 27.2. The molecule has 148 valence electrons. The van der Waals surface area contributed by atoms with Crippen molar-refractivity contribution in [2.24, 2.45) is 5.92 Å². The predicted molar refractivity (Wildman–Crippen MR) is 104 cm³/mol. The first-order chi connectivity index (χ1) is 13.5. The topological polar surface area (TPSA) is 55.8 Å².